The predicted octanol–water partition coefficient (Wildman–Crippen LogP) is 3.23. The predicted molar refractivity (Wildman–Crippen MR) is 82.0 cm³/mol. The van der Waals surface area contributed by atoms with Gasteiger partial charge >= 0.3 is 0 Å². The van der Waals surface area contributed by atoms with E-state index in [1.54, 1.807) is 24.3 Å². The third-order valence-corrected chi connectivity index (χ3v) is 3.80. The van der Waals surface area contributed by atoms with Gasteiger partial charge < -0.3 is 5.32 Å². The van der Waals surface area contributed by atoms with E-state index in [9.17, 15) is 4.79 Å². The van der Waals surface area contributed by atoms with Gasteiger partial charge in [-0.15, -0.1) is 0 Å². The molecule has 0 aromatic heterocycles. The maximum atomic E-state index is 12.1. The standard InChI is InChI=1S/C18H16N2O/c19-12-14-3-1-6-17(10-14)20-18(21)11-13-7-8-15-4-2-5-16(15)9-13/h1,3,6-10H,2,4-5,11H2,(H,20,21). The van der Waals surface area contributed by atoms with E-state index in [1.165, 1.54) is 17.5 Å². The van der Waals surface area contributed by atoms with Gasteiger partial charge in [-0.2, -0.15) is 5.26 Å². The molecule has 3 heteroatoms. The van der Waals surface area contributed by atoms with Crippen LogP contribution in [0.4, 0.5) is 5.69 Å². The Morgan fingerprint density at radius 2 is 2.00 bits per heavy atom. The molecule has 3 rings (SSSR count). The van der Waals surface area contributed by atoms with Crippen LogP contribution in [0.5, 0.6) is 0 Å². The maximum absolute atomic E-state index is 12.1. The summed E-state index contributed by atoms with van der Waals surface area (Å²) in [5.74, 6) is -0.0527. The number of aryl methyl sites for hydroxylation is 2. The number of anilines is 1. The third-order valence-electron chi connectivity index (χ3n) is 3.80. The highest BCUT2D eigenvalue weighted by Gasteiger charge is 2.12. The second kappa shape index (κ2) is 5.80. The zero-order chi connectivity index (χ0) is 14.7. The van der Waals surface area contributed by atoms with Crippen molar-refractivity contribution in [3.05, 3.63) is 64.7 Å². The van der Waals surface area contributed by atoms with Crippen LogP contribution in [0.25, 0.3) is 0 Å². The van der Waals surface area contributed by atoms with Gasteiger partial charge in [0.1, 0.15) is 0 Å². The van der Waals surface area contributed by atoms with Crippen LogP contribution in [0.2, 0.25) is 0 Å². The number of nitrogens with one attached hydrogen (secondary N) is 1. The lowest BCUT2D eigenvalue weighted by molar-refractivity contribution is -0.115. The number of hydrogen-bond acceptors (Lipinski definition) is 2. The first-order valence-electron chi connectivity index (χ1n) is 7.15. The van der Waals surface area contributed by atoms with Crippen LogP contribution in [0, 0.1) is 11.3 Å². The quantitative estimate of drug-likeness (QED) is 0.935. The Morgan fingerprint density at radius 3 is 2.86 bits per heavy atom. The number of benzene rings is 2. The zero-order valence-electron chi connectivity index (χ0n) is 11.7. The highest BCUT2D eigenvalue weighted by atomic mass is 16.1. The van der Waals surface area contributed by atoms with E-state index in [2.05, 4.69) is 23.5 Å². The average molecular weight is 276 g/mol. The molecule has 1 amide bonds. The molecule has 1 N–H and O–H groups in total. The first-order chi connectivity index (χ1) is 10.2. The van der Waals surface area contributed by atoms with Gasteiger partial charge in [-0.25, -0.2) is 0 Å². The van der Waals surface area contributed by atoms with E-state index in [0.717, 1.165) is 18.4 Å². The second-order valence-electron chi connectivity index (χ2n) is 5.37. The molecule has 21 heavy (non-hydrogen) atoms. The molecule has 1 aliphatic carbocycles. The van der Waals surface area contributed by atoms with Crippen molar-refractivity contribution in [1.29, 1.82) is 5.26 Å². The van der Waals surface area contributed by atoms with E-state index in [1.807, 2.05) is 6.07 Å². The fourth-order valence-corrected chi connectivity index (χ4v) is 2.79. The van der Waals surface area contributed by atoms with Crippen molar-refractivity contribution in [3.63, 3.8) is 0 Å². The van der Waals surface area contributed by atoms with Crippen LogP contribution < -0.4 is 5.32 Å². The minimum Gasteiger partial charge on any atom is -0.326 e. The number of amides is 1. The topological polar surface area (TPSA) is 52.9 Å². The summed E-state index contributed by atoms with van der Waals surface area (Å²) in [5.41, 5.74) is 5.06. The van der Waals surface area contributed by atoms with E-state index < -0.39 is 0 Å². The molecule has 0 saturated carbocycles. The van der Waals surface area contributed by atoms with Gasteiger partial charge in [-0.1, -0.05) is 24.3 Å². The van der Waals surface area contributed by atoms with Crippen LogP contribution in [0.1, 0.15) is 28.7 Å². The summed E-state index contributed by atoms with van der Waals surface area (Å²) in [6.45, 7) is 0. The molecule has 1 aliphatic rings. The summed E-state index contributed by atoms with van der Waals surface area (Å²) >= 11 is 0. The van der Waals surface area contributed by atoms with Crippen LogP contribution in [0.3, 0.4) is 0 Å². The smallest absolute Gasteiger partial charge is 0.228 e. The molecule has 3 nitrogen and oxygen atoms in total. The molecule has 2 aromatic carbocycles. The number of hydrogen-bond donors (Lipinski definition) is 1. The van der Waals surface area contributed by atoms with Gasteiger partial charge in [0.2, 0.25) is 5.91 Å². The van der Waals surface area contributed by atoms with Gasteiger partial charge in [0, 0.05) is 5.69 Å². The Labute approximate surface area is 124 Å². The van der Waals surface area contributed by atoms with Gasteiger partial charge in [-0.05, 0) is 54.2 Å². The first-order valence-corrected chi connectivity index (χ1v) is 7.15. The summed E-state index contributed by atoms with van der Waals surface area (Å²) in [6, 6.07) is 15.4. The normalized spacial score (nSPS) is 12.5. The van der Waals surface area contributed by atoms with Gasteiger partial charge in [0.05, 0.1) is 18.1 Å². The third kappa shape index (κ3) is 3.11. The minimum absolute atomic E-state index is 0.0527. The van der Waals surface area contributed by atoms with Crippen molar-refractivity contribution in [3.8, 4) is 6.07 Å². The minimum atomic E-state index is -0.0527. The van der Waals surface area contributed by atoms with Crippen molar-refractivity contribution >= 4 is 11.6 Å². The summed E-state index contributed by atoms with van der Waals surface area (Å²) in [7, 11) is 0. The van der Waals surface area contributed by atoms with E-state index in [-0.39, 0.29) is 5.91 Å². The molecule has 104 valence electrons. The highest BCUT2D eigenvalue weighted by molar-refractivity contribution is 5.92. The Morgan fingerprint density at radius 1 is 1.14 bits per heavy atom. The van der Waals surface area contributed by atoms with Crippen molar-refractivity contribution in [2.24, 2.45) is 0 Å². The number of carbonyl (C=O) groups excluding carboxylic acids is 1. The number of nitrogens with zero attached hydrogens (tertiary/aromatic N) is 1. The van der Waals surface area contributed by atoms with Crippen LogP contribution in [-0.4, -0.2) is 5.91 Å². The molecular formula is C18H16N2O. The molecule has 0 heterocycles. The van der Waals surface area contributed by atoms with Crippen LogP contribution >= 0.6 is 0 Å². The zero-order valence-corrected chi connectivity index (χ0v) is 11.7. The molecule has 0 radical (unpaired) electrons. The van der Waals surface area contributed by atoms with Gasteiger partial charge in [-0.3, -0.25) is 4.79 Å². The number of carbonyl (C=O) groups is 1. The fraction of sp³-hybridized carbons (Fsp3) is 0.222. The number of nitriles is 1. The summed E-state index contributed by atoms with van der Waals surface area (Å²) in [4.78, 5) is 12.1. The number of rotatable bonds is 3. The molecule has 0 spiro atoms. The maximum Gasteiger partial charge on any atom is 0.228 e. The average Bonchev–Trinajstić information content (AvgIpc) is 2.95. The summed E-state index contributed by atoms with van der Waals surface area (Å²) < 4.78 is 0. The van der Waals surface area contributed by atoms with E-state index >= 15 is 0 Å². The first kappa shape index (κ1) is 13.4. The number of fused-ring (bicyclic) bond motifs is 1. The molecule has 0 atom stereocenters. The Balaban J connectivity index is 1.67. The van der Waals surface area contributed by atoms with Crippen molar-refractivity contribution in [2.75, 3.05) is 5.32 Å². The molecule has 0 aliphatic heterocycles. The largest absolute Gasteiger partial charge is 0.326 e. The Kier molecular flexibility index (Phi) is 3.70. The molecule has 0 saturated heterocycles. The molecule has 0 fully saturated rings. The molecule has 0 bridgehead atoms. The van der Waals surface area contributed by atoms with E-state index in [0.29, 0.717) is 17.7 Å². The van der Waals surface area contributed by atoms with Crippen molar-refractivity contribution in [2.45, 2.75) is 25.7 Å². The lowest BCUT2D eigenvalue weighted by atomic mass is 10.0. The fourth-order valence-electron chi connectivity index (χ4n) is 2.79. The van der Waals surface area contributed by atoms with Gasteiger partial charge in [0.15, 0.2) is 0 Å². The molecule has 0 unspecified atom stereocenters. The molecular weight excluding hydrogens is 260 g/mol. The molecule has 2 aromatic rings. The lowest BCUT2D eigenvalue weighted by Crippen LogP contribution is -2.14. The summed E-state index contributed by atoms with van der Waals surface area (Å²) in [5, 5.41) is 11.7. The Hall–Kier alpha value is -2.60. The van der Waals surface area contributed by atoms with E-state index in [4.69, 9.17) is 5.26 Å². The van der Waals surface area contributed by atoms with Crippen LogP contribution in [-0.2, 0) is 24.1 Å². The summed E-state index contributed by atoms with van der Waals surface area (Å²) in [6.07, 6.45) is 3.85. The Bertz CT molecular complexity index is 728. The van der Waals surface area contributed by atoms with Gasteiger partial charge in [0.25, 0.3) is 0 Å². The van der Waals surface area contributed by atoms with Crippen molar-refractivity contribution in [1.82, 2.24) is 0 Å². The SMILES string of the molecule is N#Cc1cccc(NC(=O)Cc2ccc3c(c2)CCC3)c1. The highest BCUT2D eigenvalue weighted by Crippen LogP contribution is 2.23. The second-order valence-corrected chi connectivity index (χ2v) is 5.37. The van der Waals surface area contributed by atoms with Crippen LogP contribution in [0.15, 0.2) is 42.5 Å². The lowest BCUT2D eigenvalue weighted by Gasteiger charge is -2.07. The monoisotopic (exact) mass is 276 g/mol. The van der Waals surface area contributed by atoms with Crippen molar-refractivity contribution < 1.29 is 4.79 Å².